The van der Waals surface area contributed by atoms with E-state index < -0.39 is 10.0 Å². The van der Waals surface area contributed by atoms with E-state index in [1.807, 2.05) is 27.0 Å². The topological polar surface area (TPSA) is 49.4 Å². The van der Waals surface area contributed by atoms with Crippen LogP contribution in [0.3, 0.4) is 0 Å². The number of rotatable bonds is 7. The Labute approximate surface area is 123 Å². The first-order valence-corrected chi connectivity index (χ1v) is 8.56. The molecule has 0 heterocycles. The lowest BCUT2D eigenvalue weighted by Crippen LogP contribution is -2.34. The van der Waals surface area contributed by atoms with Gasteiger partial charge in [-0.2, -0.15) is 4.31 Å². The van der Waals surface area contributed by atoms with Gasteiger partial charge < -0.3 is 5.32 Å². The minimum atomic E-state index is -3.41. The van der Waals surface area contributed by atoms with Crippen LogP contribution in [0.25, 0.3) is 0 Å². The molecule has 1 unspecified atom stereocenters. The highest BCUT2D eigenvalue weighted by Gasteiger charge is 2.24. The number of benzene rings is 1. The zero-order valence-corrected chi connectivity index (χ0v) is 13.9. The predicted octanol–water partition coefficient (Wildman–Crippen LogP) is 2.39. The fourth-order valence-corrected chi connectivity index (χ4v) is 3.61. The van der Waals surface area contributed by atoms with Crippen LogP contribution in [-0.2, 0) is 23.0 Å². The van der Waals surface area contributed by atoms with Gasteiger partial charge in [-0.05, 0) is 50.1 Å². The zero-order valence-electron chi connectivity index (χ0n) is 13.1. The maximum Gasteiger partial charge on any atom is 0.243 e. The molecule has 0 radical (unpaired) electrons. The summed E-state index contributed by atoms with van der Waals surface area (Å²) >= 11 is 0. The summed E-state index contributed by atoms with van der Waals surface area (Å²) in [6.07, 6.45) is 1.70. The standard InChI is InChI=1S/C15H26N2O2S/c1-6-12(3)17(5)20(18,19)15-9-8-13(7-2)14(10-15)11-16-4/h8-10,12,16H,6-7,11H2,1-5H3. The molecule has 0 aliphatic rings. The molecule has 4 nitrogen and oxygen atoms in total. The Kier molecular flexibility index (Phi) is 6.17. The van der Waals surface area contributed by atoms with E-state index in [4.69, 9.17) is 0 Å². The van der Waals surface area contributed by atoms with Crippen molar-refractivity contribution in [3.63, 3.8) is 0 Å². The van der Waals surface area contributed by atoms with E-state index in [1.165, 1.54) is 9.87 Å². The first kappa shape index (κ1) is 17.1. The van der Waals surface area contributed by atoms with E-state index in [0.717, 1.165) is 18.4 Å². The molecule has 0 saturated heterocycles. The van der Waals surface area contributed by atoms with E-state index in [2.05, 4.69) is 12.2 Å². The Hall–Kier alpha value is -0.910. The molecule has 0 amide bonds. The average Bonchev–Trinajstić information content (AvgIpc) is 2.45. The second kappa shape index (κ2) is 7.20. The SMILES string of the molecule is CCc1ccc(S(=O)(=O)N(C)C(C)CC)cc1CNC. The van der Waals surface area contributed by atoms with Gasteiger partial charge in [0.15, 0.2) is 0 Å². The predicted molar refractivity (Wildman–Crippen MR) is 83.3 cm³/mol. The first-order valence-electron chi connectivity index (χ1n) is 7.12. The van der Waals surface area contributed by atoms with Crippen molar-refractivity contribution in [1.29, 1.82) is 0 Å². The van der Waals surface area contributed by atoms with Gasteiger partial charge in [-0.15, -0.1) is 0 Å². The van der Waals surface area contributed by atoms with Crippen molar-refractivity contribution in [3.05, 3.63) is 29.3 Å². The molecule has 1 atom stereocenters. The smallest absolute Gasteiger partial charge is 0.243 e. The van der Waals surface area contributed by atoms with Crippen molar-refractivity contribution in [2.75, 3.05) is 14.1 Å². The summed E-state index contributed by atoms with van der Waals surface area (Å²) in [6, 6.07) is 5.43. The third-order valence-corrected chi connectivity index (χ3v) is 5.78. The number of nitrogens with one attached hydrogen (secondary N) is 1. The van der Waals surface area contributed by atoms with Gasteiger partial charge in [0.2, 0.25) is 10.0 Å². The van der Waals surface area contributed by atoms with Crippen molar-refractivity contribution >= 4 is 10.0 Å². The second-order valence-corrected chi connectivity index (χ2v) is 7.09. The van der Waals surface area contributed by atoms with E-state index >= 15 is 0 Å². The number of aryl methyl sites for hydroxylation is 1. The van der Waals surface area contributed by atoms with Gasteiger partial charge in [0, 0.05) is 19.6 Å². The Morgan fingerprint density at radius 1 is 1.25 bits per heavy atom. The van der Waals surface area contributed by atoms with E-state index in [-0.39, 0.29) is 6.04 Å². The lowest BCUT2D eigenvalue weighted by atomic mass is 10.1. The molecule has 20 heavy (non-hydrogen) atoms. The second-order valence-electron chi connectivity index (χ2n) is 5.09. The lowest BCUT2D eigenvalue weighted by Gasteiger charge is -2.23. The summed E-state index contributed by atoms with van der Waals surface area (Å²) in [5.74, 6) is 0. The van der Waals surface area contributed by atoms with Crippen LogP contribution in [0.2, 0.25) is 0 Å². The molecule has 1 rings (SSSR count). The molecule has 1 N–H and O–H groups in total. The van der Waals surface area contributed by atoms with Crippen molar-refractivity contribution in [2.45, 2.75) is 51.1 Å². The average molecular weight is 298 g/mol. The maximum atomic E-state index is 12.6. The highest BCUT2D eigenvalue weighted by atomic mass is 32.2. The van der Waals surface area contributed by atoms with Crippen LogP contribution in [0.15, 0.2) is 23.1 Å². The summed E-state index contributed by atoms with van der Waals surface area (Å²) in [5, 5.41) is 3.09. The molecular formula is C15H26N2O2S. The van der Waals surface area contributed by atoms with E-state index in [0.29, 0.717) is 11.4 Å². The Balaban J connectivity index is 3.22. The molecule has 0 aromatic heterocycles. The van der Waals surface area contributed by atoms with Gasteiger partial charge in [0.25, 0.3) is 0 Å². The van der Waals surface area contributed by atoms with E-state index in [9.17, 15) is 8.42 Å². The number of sulfonamides is 1. The molecular weight excluding hydrogens is 272 g/mol. The van der Waals surface area contributed by atoms with Crippen LogP contribution in [-0.4, -0.2) is 32.9 Å². The number of nitrogens with zero attached hydrogens (tertiary/aromatic N) is 1. The molecule has 0 bridgehead atoms. The summed E-state index contributed by atoms with van der Waals surface area (Å²) in [7, 11) is 0.104. The van der Waals surface area contributed by atoms with Crippen LogP contribution < -0.4 is 5.32 Å². The third kappa shape index (κ3) is 3.59. The minimum absolute atomic E-state index is 0.00129. The van der Waals surface area contributed by atoms with Crippen LogP contribution in [0, 0.1) is 0 Å². The minimum Gasteiger partial charge on any atom is -0.316 e. The molecule has 0 fully saturated rings. The van der Waals surface area contributed by atoms with Gasteiger partial charge in [-0.1, -0.05) is 19.9 Å². The number of hydrogen-bond donors (Lipinski definition) is 1. The summed E-state index contributed by atoms with van der Waals surface area (Å²) < 4.78 is 26.6. The molecule has 0 aliphatic heterocycles. The summed E-state index contributed by atoms with van der Waals surface area (Å²) in [4.78, 5) is 0.378. The highest BCUT2D eigenvalue weighted by molar-refractivity contribution is 7.89. The molecule has 5 heteroatoms. The van der Waals surface area contributed by atoms with Crippen LogP contribution in [0.5, 0.6) is 0 Å². The fourth-order valence-electron chi connectivity index (χ4n) is 2.12. The van der Waals surface area contributed by atoms with Gasteiger partial charge >= 0.3 is 0 Å². The molecule has 0 aliphatic carbocycles. The summed E-state index contributed by atoms with van der Waals surface area (Å²) in [6.45, 7) is 6.67. The zero-order chi connectivity index (χ0) is 15.3. The highest BCUT2D eigenvalue weighted by Crippen LogP contribution is 2.21. The van der Waals surface area contributed by atoms with Gasteiger partial charge in [0.05, 0.1) is 4.90 Å². The molecule has 1 aromatic carbocycles. The monoisotopic (exact) mass is 298 g/mol. The van der Waals surface area contributed by atoms with E-state index in [1.54, 1.807) is 19.2 Å². The normalized spacial score (nSPS) is 13.7. The van der Waals surface area contributed by atoms with Crippen LogP contribution in [0.1, 0.15) is 38.3 Å². The van der Waals surface area contributed by atoms with Crippen LogP contribution in [0.4, 0.5) is 0 Å². The summed E-state index contributed by atoms with van der Waals surface area (Å²) in [5.41, 5.74) is 2.23. The van der Waals surface area contributed by atoms with Crippen molar-refractivity contribution in [2.24, 2.45) is 0 Å². The quantitative estimate of drug-likeness (QED) is 0.841. The van der Waals surface area contributed by atoms with Crippen LogP contribution >= 0.6 is 0 Å². The molecule has 0 saturated carbocycles. The first-order chi connectivity index (χ1) is 9.38. The molecule has 114 valence electrons. The Morgan fingerprint density at radius 3 is 2.40 bits per heavy atom. The lowest BCUT2D eigenvalue weighted by molar-refractivity contribution is 0.380. The van der Waals surface area contributed by atoms with Crippen molar-refractivity contribution in [1.82, 2.24) is 9.62 Å². The largest absolute Gasteiger partial charge is 0.316 e. The van der Waals surface area contributed by atoms with Crippen molar-refractivity contribution < 1.29 is 8.42 Å². The molecule has 0 spiro atoms. The van der Waals surface area contributed by atoms with Gasteiger partial charge in [0.1, 0.15) is 0 Å². The maximum absolute atomic E-state index is 12.6. The Bertz CT molecular complexity index is 541. The number of hydrogen-bond acceptors (Lipinski definition) is 3. The third-order valence-electron chi connectivity index (χ3n) is 3.81. The van der Waals surface area contributed by atoms with Gasteiger partial charge in [-0.25, -0.2) is 8.42 Å². The Morgan fingerprint density at radius 2 is 1.90 bits per heavy atom. The van der Waals surface area contributed by atoms with Gasteiger partial charge in [-0.3, -0.25) is 0 Å². The van der Waals surface area contributed by atoms with Crippen molar-refractivity contribution in [3.8, 4) is 0 Å². The fraction of sp³-hybridized carbons (Fsp3) is 0.600. The molecule has 1 aromatic rings.